The van der Waals surface area contributed by atoms with Crippen LogP contribution in [-0.4, -0.2) is 26.7 Å². The fourth-order valence-corrected chi connectivity index (χ4v) is 2.20. The zero-order chi connectivity index (χ0) is 14.1. The molecule has 0 unspecified atom stereocenters. The molecule has 3 rings (SSSR count). The Balaban J connectivity index is 1.97. The molecule has 2 N–H and O–H groups in total. The summed E-state index contributed by atoms with van der Waals surface area (Å²) in [6.45, 7) is 1.91. The number of fused-ring (bicyclic) bond motifs is 1. The lowest BCUT2D eigenvalue weighted by Gasteiger charge is -2.03. The number of halogens is 1. The van der Waals surface area contributed by atoms with Crippen LogP contribution in [0.4, 0.5) is 5.69 Å². The molecule has 0 aliphatic heterocycles. The summed E-state index contributed by atoms with van der Waals surface area (Å²) < 4.78 is 0. The van der Waals surface area contributed by atoms with E-state index < -0.39 is 0 Å². The summed E-state index contributed by atoms with van der Waals surface area (Å²) in [5.74, 6) is 0.0310. The van der Waals surface area contributed by atoms with Crippen LogP contribution in [0.15, 0.2) is 35.3 Å². The molecule has 20 heavy (non-hydrogen) atoms. The van der Waals surface area contributed by atoms with Crippen molar-refractivity contribution in [2.45, 2.75) is 6.92 Å². The van der Waals surface area contributed by atoms with Gasteiger partial charge in [-0.05, 0) is 42.8 Å². The minimum Gasteiger partial charge on any atom is -0.506 e. The number of aryl methyl sites for hydroxylation is 1. The van der Waals surface area contributed by atoms with Crippen LogP contribution in [0.3, 0.4) is 0 Å². The van der Waals surface area contributed by atoms with Crippen molar-refractivity contribution in [3.63, 3.8) is 0 Å². The Morgan fingerprint density at radius 3 is 3.00 bits per heavy atom. The number of aromatic hydroxyl groups is 1. The average molecular weight is 287 g/mol. The molecule has 0 aliphatic rings. The predicted octanol–water partition coefficient (Wildman–Crippen LogP) is 3.38. The second kappa shape index (κ2) is 4.94. The number of hydrogen-bond donors (Lipinski definition) is 2. The number of hydrogen-bond acceptors (Lipinski definition) is 4. The summed E-state index contributed by atoms with van der Waals surface area (Å²) in [5, 5.41) is 20.6. The number of aromatic amines is 1. The van der Waals surface area contributed by atoms with Crippen molar-refractivity contribution in [3.8, 4) is 5.75 Å². The Morgan fingerprint density at radius 1 is 1.30 bits per heavy atom. The maximum atomic E-state index is 9.89. The first-order chi connectivity index (χ1) is 9.63. The number of rotatable bonds is 2. The van der Waals surface area contributed by atoms with Crippen LogP contribution in [0, 0.1) is 6.92 Å². The number of phenolic OH excluding ortho intramolecular Hbond substituents is 1. The average Bonchev–Trinajstić information content (AvgIpc) is 2.88. The van der Waals surface area contributed by atoms with Crippen molar-refractivity contribution in [2.75, 3.05) is 0 Å². The van der Waals surface area contributed by atoms with Crippen molar-refractivity contribution < 1.29 is 5.11 Å². The summed E-state index contributed by atoms with van der Waals surface area (Å²) >= 11 is 5.93. The molecule has 3 aromatic rings. The number of aromatic nitrogens is 3. The number of benzene rings is 2. The molecule has 0 amide bonds. The molecule has 0 aliphatic carbocycles. The normalized spacial score (nSPS) is 11.5. The van der Waals surface area contributed by atoms with E-state index in [1.165, 1.54) is 0 Å². The molecule has 0 radical (unpaired) electrons. The van der Waals surface area contributed by atoms with E-state index in [9.17, 15) is 5.11 Å². The van der Waals surface area contributed by atoms with Crippen molar-refractivity contribution in [2.24, 2.45) is 4.99 Å². The maximum absolute atomic E-state index is 9.89. The second-order valence-electron chi connectivity index (χ2n) is 4.46. The zero-order valence-corrected chi connectivity index (χ0v) is 11.4. The minimum absolute atomic E-state index is 0.0310. The van der Waals surface area contributed by atoms with E-state index >= 15 is 0 Å². The quantitative estimate of drug-likeness (QED) is 0.709. The van der Waals surface area contributed by atoms with Crippen molar-refractivity contribution in [3.05, 3.63) is 46.5 Å². The summed E-state index contributed by atoms with van der Waals surface area (Å²) in [5.41, 5.74) is 3.86. The van der Waals surface area contributed by atoms with Crippen LogP contribution >= 0.6 is 11.6 Å². The third kappa shape index (κ3) is 2.35. The Labute approximate surface area is 119 Å². The van der Waals surface area contributed by atoms with E-state index in [4.69, 9.17) is 11.6 Å². The van der Waals surface area contributed by atoms with E-state index in [1.54, 1.807) is 12.3 Å². The molecule has 1 aromatic heterocycles. The first-order valence-corrected chi connectivity index (χ1v) is 6.35. The van der Waals surface area contributed by atoms with Gasteiger partial charge >= 0.3 is 0 Å². The highest BCUT2D eigenvalue weighted by molar-refractivity contribution is 6.32. The van der Waals surface area contributed by atoms with E-state index in [0.717, 1.165) is 22.3 Å². The summed E-state index contributed by atoms with van der Waals surface area (Å²) in [6.07, 6.45) is 1.58. The maximum Gasteiger partial charge on any atom is 0.142 e. The largest absolute Gasteiger partial charge is 0.506 e. The number of phenols is 1. The van der Waals surface area contributed by atoms with Crippen LogP contribution in [0.2, 0.25) is 5.02 Å². The number of H-pyrrole nitrogens is 1. The van der Waals surface area contributed by atoms with Crippen molar-refractivity contribution in [1.29, 1.82) is 0 Å². The van der Waals surface area contributed by atoms with Gasteiger partial charge in [-0.2, -0.15) is 0 Å². The van der Waals surface area contributed by atoms with Gasteiger partial charge in [0.2, 0.25) is 0 Å². The Hall–Kier alpha value is -2.40. The number of nitrogens with zero attached hydrogens (tertiary/aromatic N) is 3. The number of aliphatic imine (C=N–C) groups is 1. The minimum atomic E-state index is 0.0310. The molecule has 1 heterocycles. The van der Waals surface area contributed by atoms with Crippen molar-refractivity contribution in [1.82, 2.24) is 15.4 Å². The first-order valence-electron chi connectivity index (χ1n) is 5.97. The molecule has 100 valence electrons. The molecular weight excluding hydrogens is 276 g/mol. The van der Waals surface area contributed by atoms with Gasteiger partial charge in [-0.15, -0.1) is 5.10 Å². The van der Waals surface area contributed by atoms with Gasteiger partial charge in [0.25, 0.3) is 0 Å². The third-order valence-electron chi connectivity index (χ3n) is 2.90. The molecule has 6 heteroatoms. The molecule has 0 spiro atoms. The van der Waals surface area contributed by atoms with Gasteiger partial charge in [-0.3, -0.25) is 10.1 Å². The van der Waals surface area contributed by atoms with Gasteiger partial charge < -0.3 is 5.11 Å². The zero-order valence-electron chi connectivity index (χ0n) is 10.6. The lowest BCUT2D eigenvalue weighted by atomic mass is 10.1. The van der Waals surface area contributed by atoms with Crippen LogP contribution in [0.5, 0.6) is 5.75 Å². The third-order valence-corrected chi connectivity index (χ3v) is 3.19. The molecule has 0 bridgehead atoms. The highest BCUT2D eigenvalue weighted by Crippen LogP contribution is 2.28. The molecular formula is C14H11ClN4O. The first kappa shape index (κ1) is 12.6. The molecule has 0 saturated heterocycles. The topological polar surface area (TPSA) is 74.2 Å². The van der Waals surface area contributed by atoms with Crippen LogP contribution in [0.25, 0.3) is 11.0 Å². The van der Waals surface area contributed by atoms with Crippen LogP contribution in [-0.2, 0) is 0 Å². The van der Waals surface area contributed by atoms with Gasteiger partial charge in [0.15, 0.2) is 0 Å². The van der Waals surface area contributed by atoms with E-state index in [2.05, 4.69) is 20.4 Å². The fraction of sp³-hybridized carbons (Fsp3) is 0.0714. The fourth-order valence-electron chi connectivity index (χ4n) is 1.91. The van der Waals surface area contributed by atoms with Gasteiger partial charge in [-0.1, -0.05) is 16.8 Å². The summed E-state index contributed by atoms with van der Waals surface area (Å²) in [7, 11) is 0. The summed E-state index contributed by atoms with van der Waals surface area (Å²) in [6, 6.07) is 9.02. The second-order valence-corrected chi connectivity index (χ2v) is 4.86. The highest BCUT2D eigenvalue weighted by Gasteiger charge is 2.05. The van der Waals surface area contributed by atoms with E-state index in [0.29, 0.717) is 10.6 Å². The van der Waals surface area contributed by atoms with E-state index in [1.807, 2.05) is 31.2 Å². The standard InChI is InChI=1S/C14H11ClN4O/c1-8-4-9(14(20)11(15)5-8)7-16-10-2-3-12-13(6-10)18-19-17-12/h2-7,20H,1H3,(H,17,18,19)/b16-7+. The Morgan fingerprint density at radius 2 is 2.15 bits per heavy atom. The summed E-state index contributed by atoms with van der Waals surface area (Å²) in [4.78, 5) is 4.32. The molecule has 5 nitrogen and oxygen atoms in total. The van der Waals surface area contributed by atoms with Gasteiger partial charge in [0, 0.05) is 11.8 Å². The Kier molecular flexibility index (Phi) is 3.12. The van der Waals surface area contributed by atoms with Gasteiger partial charge in [0.05, 0.1) is 16.2 Å². The monoisotopic (exact) mass is 286 g/mol. The van der Waals surface area contributed by atoms with Crippen LogP contribution in [0.1, 0.15) is 11.1 Å². The van der Waals surface area contributed by atoms with Gasteiger partial charge in [0.1, 0.15) is 11.3 Å². The number of nitrogens with one attached hydrogen (secondary N) is 1. The molecule has 2 aromatic carbocycles. The van der Waals surface area contributed by atoms with Crippen LogP contribution < -0.4 is 0 Å². The van der Waals surface area contributed by atoms with Gasteiger partial charge in [-0.25, -0.2) is 0 Å². The molecule has 0 fully saturated rings. The van der Waals surface area contributed by atoms with Crippen molar-refractivity contribution >= 4 is 34.5 Å². The predicted molar refractivity (Wildman–Crippen MR) is 79.0 cm³/mol. The molecule has 0 atom stereocenters. The lowest BCUT2D eigenvalue weighted by Crippen LogP contribution is -1.85. The molecule has 0 saturated carbocycles. The SMILES string of the molecule is Cc1cc(Cl)c(O)c(/C=N/c2ccc3[nH]nnc3c2)c1. The van der Waals surface area contributed by atoms with E-state index in [-0.39, 0.29) is 5.75 Å². The highest BCUT2D eigenvalue weighted by atomic mass is 35.5. The smallest absolute Gasteiger partial charge is 0.142 e. The lowest BCUT2D eigenvalue weighted by molar-refractivity contribution is 0.474. The Bertz CT molecular complexity index is 810.